The van der Waals surface area contributed by atoms with Gasteiger partial charge in [0.05, 0.1) is 12.9 Å². The normalized spacial score (nSPS) is 10.4. The molecule has 3 aromatic rings. The molecule has 138 valence electrons. The van der Waals surface area contributed by atoms with E-state index in [1.165, 1.54) is 0 Å². The largest absolute Gasteiger partial charge is 0.497 e. The van der Waals surface area contributed by atoms with E-state index in [1.807, 2.05) is 12.1 Å². The van der Waals surface area contributed by atoms with Crippen LogP contribution in [-0.4, -0.2) is 34.9 Å². The van der Waals surface area contributed by atoms with Gasteiger partial charge in [0.15, 0.2) is 0 Å². The SMILES string of the molecule is COc1ccc(-c2nnc(SCC(=O)Nc3ccc(C(N)=O)cc3)o2)cc1. The second kappa shape index (κ2) is 8.37. The molecular formula is C18H16N4O4S. The van der Waals surface area contributed by atoms with Gasteiger partial charge in [-0.2, -0.15) is 0 Å². The van der Waals surface area contributed by atoms with E-state index in [9.17, 15) is 9.59 Å². The number of carbonyl (C=O) groups excluding carboxylic acids is 2. The van der Waals surface area contributed by atoms with Gasteiger partial charge in [-0.15, -0.1) is 10.2 Å². The van der Waals surface area contributed by atoms with Gasteiger partial charge in [0.25, 0.3) is 5.22 Å². The van der Waals surface area contributed by atoms with Gasteiger partial charge in [0.1, 0.15) is 5.75 Å². The van der Waals surface area contributed by atoms with Crippen molar-refractivity contribution in [3.05, 3.63) is 54.1 Å². The number of benzene rings is 2. The van der Waals surface area contributed by atoms with Crippen LogP contribution in [0.15, 0.2) is 58.2 Å². The third kappa shape index (κ3) is 4.85. The molecule has 2 aromatic carbocycles. The number of hydrogen-bond acceptors (Lipinski definition) is 7. The maximum atomic E-state index is 12.0. The first-order valence-electron chi connectivity index (χ1n) is 7.85. The highest BCUT2D eigenvalue weighted by Gasteiger charge is 2.12. The Kier molecular flexibility index (Phi) is 5.72. The van der Waals surface area contributed by atoms with Crippen LogP contribution < -0.4 is 15.8 Å². The molecule has 27 heavy (non-hydrogen) atoms. The lowest BCUT2D eigenvalue weighted by Crippen LogP contribution is -2.15. The third-order valence-corrected chi connectivity index (χ3v) is 4.34. The molecule has 8 nitrogen and oxygen atoms in total. The lowest BCUT2D eigenvalue weighted by Gasteiger charge is -2.04. The van der Waals surface area contributed by atoms with Gasteiger partial charge in [-0.05, 0) is 48.5 Å². The number of nitrogens with zero attached hydrogens (tertiary/aromatic N) is 2. The molecule has 0 aliphatic heterocycles. The number of aromatic nitrogens is 2. The van der Waals surface area contributed by atoms with Crippen LogP contribution in [0.3, 0.4) is 0 Å². The lowest BCUT2D eigenvalue weighted by atomic mass is 10.2. The molecule has 0 spiro atoms. The monoisotopic (exact) mass is 384 g/mol. The summed E-state index contributed by atoms with van der Waals surface area (Å²) < 4.78 is 10.7. The molecule has 3 N–H and O–H groups in total. The van der Waals surface area contributed by atoms with Crippen LogP contribution in [0.25, 0.3) is 11.5 Å². The number of thioether (sulfide) groups is 1. The smallest absolute Gasteiger partial charge is 0.277 e. The number of nitrogens with two attached hydrogens (primary N) is 1. The summed E-state index contributed by atoms with van der Waals surface area (Å²) >= 11 is 1.13. The van der Waals surface area contributed by atoms with Gasteiger partial charge in [0, 0.05) is 16.8 Å². The van der Waals surface area contributed by atoms with E-state index < -0.39 is 5.91 Å². The van der Waals surface area contributed by atoms with Crippen LogP contribution in [-0.2, 0) is 4.79 Å². The lowest BCUT2D eigenvalue weighted by molar-refractivity contribution is -0.113. The number of anilines is 1. The summed E-state index contributed by atoms with van der Waals surface area (Å²) in [6.07, 6.45) is 0. The maximum absolute atomic E-state index is 12.0. The molecule has 0 unspecified atom stereocenters. The number of amides is 2. The van der Waals surface area contributed by atoms with Gasteiger partial charge in [-0.1, -0.05) is 11.8 Å². The number of primary amides is 1. The molecule has 0 bridgehead atoms. The Labute approximate surface area is 159 Å². The van der Waals surface area contributed by atoms with Gasteiger partial charge in [0.2, 0.25) is 17.7 Å². The predicted octanol–water partition coefficient (Wildman–Crippen LogP) is 2.57. The average molecular weight is 384 g/mol. The summed E-state index contributed by atoms with van der Waals surface area (Å²) in [6.45, 7) is 0. The number of rotatable bonds is 7. The molecule has 0 aliphatic carbocycles. The van der Waals surface area contributed by atoms with Gasteiger partial charge in [-0.25, -0.2) is 0 Å². The molecule has 1 heterocycles. The van der Waals surface area contributed by atoms with Crippen molar-refractivity contribution in [3.8, 4) is 17.2 Å². The van der Waals surface area contributed by atoms with Crippen molar-refractivity contribution in [2.24, 2.45) is 5.73 Å². The predicted molar refractivity (Wildman–Crippen MR) is 101 cm³/mol. The molecule has 0 aliphatic rings. The summed E-state index contributed by atoms with van der Waals surface area (Å²) in [4.78, 5) is 23.1. The van der Waals surface area contributed by atoms with Crippen LogP contribution in [0.5, 0.6) is 5.75 Å². The minimum atomic E-state index is -0.521. The summed E-state index contributed by atoms with van der Waals surface area (Å²) in [6, 6.07) is 13.5. The Morgan fingerprint density at radius 1 is 1.11 bits per heavy atom. The fourth-order valence-electron chi connectivity index (χ4n) is 2.16. The van der Waals surface area contributed by atoms with Crippen molar-refractivity contribution in [3.63, 3.8) is 0 Å². The van der Waals surface area contributed by atoms with Gasteiger partial charge in [-0.3, -0.25) is 9.59 Å². The highest BCUT2D eigenvalue weighted by Crippen LogP contribution is 2.25. The Hall–Kier alpha value is -3.33. The molecule has 3 rings (SSSR count). The summed E-state index contributed by atoms with van der Waals surface area (Å²) in [5.41, 5.74) is 6.87. The van der Waals surface area contributed by atoms with Crippen molar-refractivity contribution in [2.45, 2.75) is 5.22 Å². The van der Waals surface area contributed by atoms with E-state index in [4.69, 9.17) is 14.9 Å². The minimum absolute atomic E-state index is 0.0990. The van der Waals surface area contributed by atoms with E-state index in [-0.39, 0.29) is 11.7 Å². The van der Waals surface area contributed by atoms with E-state index >= 15 is 0 Å². The second-order valence-electron chi connectivity index (χ2n) is 5.38. The van der Waals surface area contributed by atoms with Gasteiger partial charge < -0.3 is 20.2 Å². The topological polar surface area (TPSA) is 120 Å². The van der Waals surface area contributed by atoms with Crippen LogP contribution in [0, 0.1) is 0 Å². The number of methoxy groups -OCH3 is 1. The standard InChI is InChI=1S/C18H16N4O4S/c1-25-14-8-4-12(5-9-14)17-21-22-18(26-17)27-10-15(23)20-13-6-2-11(3-7-13)16(19)24/h2-9H,10H2,1H3,(H2,19,24)(H,20,23). The zero-order valence-electron chi connectivity index (χ0n) is 14.3. The maximum Gasteiger partial charge on any atom is 0.277 e. The molecule has 0 atom stereocenters. The minimum Gasteiger partial charge on any atom is -0.497 e. The fraction of sp³-hybridized carbons (Fsp3) is 0.111. The molecule has 0 radical (unpaired) electrons. The van der Waals surface area contributed by atoms with Crippen molar-refractivity contribution in [1.29, 1.82) is 0 Å². The first-order valence-corrected chi connectivity index (χ1v) is 8.84. The Bertz CT molecular complexity index is 939. The van der Waals surface area contributed by atoms with Crippen LogP contribution in [0.1, 0.15) is 10.4 Å². The van der Waals surface area contributed by atoms with E-state index in [2.05, 4.69) is 15.5 Å². The number of hydrogen-bond donors (Lipinski definition) is 2. The van der Waals surface area contributed by atoms with Gasteiger partial charge >= 0.3 is 0 Å². The zero-order chi connectivity index (χ0) is 19.2. The molecular weight excluding hydrogens is 368 g/mol. The van der Waals surface area contributed by atoms with Crippen molar-refractivity contribution < 1.29 is 18.7 Å². The van der Waals surface area contributed by atoms with Crippen molar-refractivity contribution in [1.82, 2.24) is 10.2 Å². The zero-order valence-corrected chi connectivity index (χ0v) is 15.2. The number of ether oxygens (including phenoxy) is 1. The van der Waals surface area contributed by atoms with Crippen LogP contribution in [0.4, 0.5) is 5.69 Å². The quantitative estimate of drug-likeness (QED) is 0.601. The van der Waals surface area contributed by atoms with E-state index in [0.717, 1.165) is 23.1 Å². The molecule has 0 fully saturated rings. The van der Waals surface area contributed by atoms with Crippen LogP contribution in [0.2, 0.25) is 0 Å². The Morgan fingerprint density at radius 3 is 2.44 bits per heavy atom. The summed E-state index contributed by atoms with van der Waals surface area (Å²) in [5.74, 6) is 0.432. The number of nitrogens with one attached hydrogen (secondary N) is 1. The average Bonchev–Trinajstić information content (AvgIpc) is 3.16. The summed E-state index contributed by atoms with van der Waals surface area (Å²) in [5, 5.41) is 10.9. The molecule has 0 saturated carbocycles. The second-order valence-corrected chi connectivity index (χ2v) is 6.31. The fourth-order valence-corrected chi connectivity index (χ4v) is 2.72. The number of carbonyl (C=O) groups is 2. The molecule has 0 saturated heterocycles. The van der Waals surface area contributed by atoms with Crippen molar-refractivity contribution in [2.75, 3.05) is 18.2 Å². The first-order chi connectivity index (χ1) is 13.0. The van der Waals surface area contributed by atoms with E-state index in [0.29, 0.717) is 22.4 Å². The molecule has 9 heteroatoms. The van der Waals surface area contributed by atoms with E-state index in [1.54, 1.807) is 43.5 Å². The van der Waals surface area contributed by atoms with Crippen molar-refractivity contribution >= 4 is 29.3 Å². The first kappa shape index (κ1) is 18.5. The third-order valence-electron chi connectivity index (χ3n) is 3.52. The Morgan fingerprint density at radius 2 is 1.81 bits per heavy atom. The highest BCUT2D eigenvalue weighted by atomic mass is 32.2. The Balaban J connectivity index is 1.54. The highest BCUT2D eigenvalue weighted by molar-refractivity contribution is 7.99. The molecule has 2 amide bonds. The molecule has 1 aromatic heterocycles. The van der Waals surface area contributed by atoms with Crippen LogP contribution >= 0.6 is 11.8 Å². The summed E-state index contributed by atoms with van der Waals surface area (Å²) in [7, 11) is 1.59.